The lowest BCUT2D eigenvalue weighted by atomic mass is 10.4. The third-order valence-corrected chi connectivity index (χ3v) is 2.15. The van der Waals surface area contributed by atoms with Crippen molar-refractivity contribution in [2.24, 2.45) is 0 Å². The Hall–Kier alpha value is -2.57. The number of hydrogen-bond donors (Lipinski definition) is 1. The monoisotopic (exact) mass is 213 g/mol. The molecular weight excluding hydrogens is 206 g/mol. The third kappa shape index (κ3) is 1.18. The van der Waals surface area contributed by atoms with Gasteiger partial charge in [-0.3, -0.25) is 4.40 Å². The molecule has 3 aromatic rings. The highest BCUT2D eigenvalue weighted by atomic mass is 15.3. The Labute approximate surface area is 90.0 Å². The van der Waals surface area contributed by atoms with E-state index in [4.69, 9.17) is 5.73 Å². The second-order valence-corrected chi connectivity index (χ2v) is 3.12. The quantitative estimate of drug-likeness (QED) is 0.618. The molecule has 0 aliphatic carbocycles. The average molecular weight is 213 g/mol. The second-order valence-electron chi connectivity index (χ2n) is 3.12. The molecule has 3 heterocycles. The van der Waals surface area contributed by atoms with E-state index >= 15 is 0 Å². The SMILES string of the molecule is Nc1nccnc1-c1nnc2ccncn12. The van der Waals surface area contributed by atoms with Crippen LogP contribution in [-0.2, 0) is 0 Å². The topological polar surface area (TPSA) is 94.9 Å². The molecule has 3 rings (SSSR count). The zero-order valence-corrected chi connectivity index (χ0v) is 8.15. The van der Waals surface area contributed by atoms with Gasteiger partial charge >= 0.3 is 0 Å². The Bertz CT molecular complexity index is 645. The van der Waals surface area contributed by atoms with Gasteiger partial charge in [0.15, 0.2) is 23.0 Å². The van der Waals surface area contributed by atoms with E-state index in [-0.39, 0.29) is 0 Å². The lowest BCUT2D eigenvalue weighted by Crippen LogP contribution is -1.99. The van der Waals surface area contributed by atoms with Crippen molar-refractivity contribution in [2.45, 2.75) is 0 Å². The Morgan fingerprint density at radius 2 is 1.94 bits per heavy atom. The molecule has 0 bridgehead atoms. The molecule has 0 aromatic carbocycles. The van der Waals surface area contributed by atoms with E-state index in [1.807, 2.05) is 0 Å². The second kappa shape index (κ2) is 3.23. The Balaban J connectivity index is 2.31. The van der Waals surface area contributed by atoms with E-state index in [0.29, 0.717) is 23.0 Å². The van der Waals surface area contributed by atoms with Gasteiger partial charge in [0, 0.05) is 24.7 Å². The highest BCUT2D eigenvalue weighted by molar-refractivity contribution is 5.65. The molecule has 0 saturated heterocycles. The van der Waals surface area contributed by atoms with Gasteiger partial charge in [-0.05, 0) is 0 Å². The van der Waals surface area contributed by atoms with Crippen molar-refractivity contribution in [3.05, 3.63) is 31.0 Å². The van der Waals surface area contributed by atoms with Crippen LogP contribution in [0.1, 0.15) is 0 Å². The molecule has 0 atom stereocenters. The maximum atomic E-state index is 5.73. The van der Waals surface area contributed by atoms with Gasteiger partial charge in [-0.15, -0.1) is 10.2 Å². The van der Waals surface area contributed by atoms with Crippen molar-refractivity contribution < 1.29 is 0 Å². The predicted molar refractivity (Wildman–Crippen MR) is 56.2 cm³/mol. The molecule has 0 aliphatic heterocycles. The smallest absolute Gasteiger partial charge is 0.192 e. The van der Waals surface area contributed by atoms with Crippen LogP contribution < -0.4 is 5.73 Å². The Morgan fingerprint density at radius 1 is 1.06 bits per heavy atom. The van der Waals surface area contributed by atoms with Gasteiger partial charge < -0.3 is 5.73 Å². The summed E-state index contributed by atoms with van der Waals surface area (Å²) in [7, 11) is 0. The van der Waals surface area contributed by atoms with Crippen LogP contribution in [0.4, 0.5) is 5.82 Å². The zero-order chi connectivity index (χ0) is 11.0. The minimum absolute atomic E-state index is 0.320. The summed E-state index contributed by atoms with van der Waals surface area (Å²) in [6, 6.07) is 1.75. The Kier molecular flexibility index (Phi) is 1.76. The zero-order valence-electron chi connectivity index (χ0n) is 8.15. The first-order chi connectivity index (χ1) is 7.86. The summed E-state index contributed by atoms with van der Waals surface area (Å²) in [4.78, 5) is 12.1. The highest BCUT2D eigenvalue weighted by Gasteiger charge is 2.12. The summed E-state index contributed by atoms with van der Waals surface area (Å²) in [5.41, 5.74) is 6.92. The van der Waals surface area contributed by atoms with E-state index in [9.17, 15) is 0 Å². The molecule has 0 spiro atoms. The molecule has 0 saturated carbocycles. The summed E-state index contributed by atoms with van der Waals surface area (Å²) in [6.07, 6.45) is 6.34. The van der Waals surface area contributed by atoms with Crippen molar-refractivity contribution in [3.8, 4) is 11.5 Å². The molecule has 0 amide bonds. The van der Waals surface area contributed by atoms with Crippen LogP contribution in [0.15, 0.2) is 31.0 Å². The highest BCUT2D eigenvalue weighted by Crippen LogP contribution is 2.18. The third-order valence-electron chi connectivity index (χ3n) is 2.15. The van der Waals surface area contributed by atoms with Crippen molar-refractivity contribution in [3.63, 3.8) is 0 Å². The molecule has 7 heteroatoms. The van der Waals surface area contributed by atoms with Crippen molar-refractivity contribution in [1.82, 2.24) is 29.5 Å². The fourth-order valence-corrected chi connectivity index (χ4v) is 1.43. The minimum Gasteiger partial charge on any atom is -0.382 e. The summed E-state index contributed by atoms with van der Waals surface area (Å²) < 4.78 is 1.71. The van der Waals surface area contributed by atoms with E-state index in [1.54, 1.807) is 29.2 Å². The minimum atomic E-state index is 0.320. The molecule has 0 fully saturated rings. The number of hydrogen-bond acceptors (Lipinski definition) is 6. The van der Waals surface area contributed by atoms with E-state index in [2.05, 4.69) is 25.1 Å². The van der Waals surface area contributed by atoms with Gasteiger partial charge in [-0.2, -0.15) is 0 Å². The molecule has 2 N–H and O–H groups in total. The Morgan fingerprint density at radius 3 is 2.81 bits per heavy atom. The number of nitrogens with two attached hydrogens (primary N) is 1. The molecule has 0 aliphatic rings. The number of fused-ring (bicyclic) bond motifs is 1. The van der Waals surface area contributed by atoms with E-state index < -0.39 is 0 Å². The van der Waals surface area contributed by atoms with Crippen LogP contribution in [0.5, 0.6) is 0 Å². The number of anilines is 1. The van der Waals surface area contributed by atoms with Crippen LogP contribution in [0.2, 0.25) is 0 Å². The standard InChI is InChI=1S/C9H7N7/c10-8-7(12-3-4-13-8)9-15-14-6-1-2-11-5-16(6)9/h1-5H,(H2,10,13). The van der Waals surface area contributed by atoms with Crippen molar-refractivity contribution in [2.75, 3.05) is 5.73 Å². The molecule has 0 radical (unpaired) electrons. The maximum absolute atomic E-state index is 5.73. The predicted octanol–water partition coefficient (Wildman–Crippen LogP) is 0.163. The van der Waals surface area contributed by atoms with Gasteiger partial charge in [-0.1, -0.05) is 0 Å². The van der Waals surface area contributed by atoms with Crippen LogP contribution in [0, 0.1) is 0 Å². The van der Waals surface area contributed by atoms with E-state index in [0.717, 1.165) is 0 Å². The molecule has 78 valence electrons. The van der Waals surface area contributed by atoms with Gasteiger partial charge in [0.25, 0.3) is 0 Å². The van der Waals surface area contributed by atoms with Crippen molar-refractivity contribution >= 4 is 11.5 Å². The van der Waals surface area contributed by atoms with Crippen LogP contribution in [0.3, 0.4) is 0 Å². The largest absolute Gasteiger partial charge is 0.382 e. The van der Waals surface area contributed by atoms with Gasteiger partial charge in [0.1, 0.15) is 6.33 Å². The van der Waals surface area contributed by atoms with Crippen molar-refractivity contribution in [1.29, 1.82) is 0 Å². The molecular formula is C9H7N7. The summed E-state index contributed by atoms with van der Waals surface area (Å²) in [6.45, 7) is 0. The summed E-state index contributed by atoms with van der Waals surface area (Å²) >= 11 is 0. The molecule has 7 nitrogen and oxygen atoms in total. The van der Waals surface area contributed by atoms with Crippen LogP contribution in [0.25, 0.3) is 17.2 Å². The first-order valence-corrected chi connectivity index (χ1v) is 4.58. The first-order valence-electron chi connectivity index (χ1n) is 4.58. The maximum Gasteiger partial charge on any atom is 0.192 e. The normalized spacial score (nSPS) is 10.8. The fourth-order valence-electron chi connectivity index (χ4n) is 1.43. The van der Waals surface area contributed by atoms with Crippen LogP contribution in [-0.4, -0.2) is 29.5 Å². The number of aromatic nitrogens is 6. The number of nitrogens with zero attached hydrogens (tertiary/aromatic N) is 6. The van der Waals surface area contributed by atoms with Gasteiger partial charge in [0.2, 0.25) is 0 Å². The average Bonchev–Trinajstić information content (AvgIpc) is 2.74. The fraction of sp³-hybridized carbons (Fsp3) is 0. The molecule has 3 aromatic heterocycles. The van der Waals surface area contributed by atoms with Gasteiger partial charge in [-0.25, -0.2) is 15.0 Å². The first kappa shape index (κ1) is 8.72. The van der Waals surface area contributed by atoms with E-state index in [1.165, 1.54) is 6.20 Å². The van der Waals surface area contributed by atoms with Gasteiger partial charge in [0.05, 0.1) is 0 Å². The summed E-state index contributed by atoms with van der Waals surface area (Å²) in [5.74, 6) is 0.856. The number of rotatable bonds is 1. The number of nitrogen functional groups attached to an aromatic ring is 1. The molecule has 0 unspecified atom stereocenters. The summed E-state index contributed by atoms with van der Waals surface area (Å²) in [5, 5.41) is 8.00. The molecule has 16 heavy (non-hydrogen) atoms. The van der Waals surface area contributed by atoms with Crippen LogP contribution >= 0.6 is 0 Å². The lowest BCUT2D eigenvalue weighted by molar-refractivity contribution is 1.05. The lowest BCUT2D eigenvalue weighted by Gasteiger charge is -2.00.